The first-order valence-corrected chi connectivity index (χ1v) is 5.42. The van der Waals surface area contributed by atoms with Crippen LogP contribution >= 0.6 is 15.9 Å². The number of benzene rings is 1. The molecule has 0 heterocycles. The minimum atomic E-state index is -0.448. The Kier molecular flexibility index (Phi) is 4.58. The lowest BCUT2D eigenvalue weighted by Gasteiger charge is -2.20. The first-order valence-electron chi connectivity index (χ1n) is 4.63. The van der Waals surface area contributed by atoms with Gasteiger partial charge in [0.25, 0.3) is 0 Å². The second-order valence-electron chi connectivity index (χ2n) is 3.14. The maximum absolute atomic E-state index is 11.1. The van der Waals surface area contributed by atoms with Gasteiger partial charge in [0.05, 0.1) is 0 Å². The zero-order chi connectivity index (χ0) is 11.3. The number of halogens is 1. The monoisotopic (exact) mass is 271 g/mol. The van der Waals surface area contributed by atoms with E-state index in [0.717, 1.165) is 10.0 Å². The average molecular weight is 272 g/mol. The van der Waals surface area contributed by atoms with Crippen molar-refractivity contribution in [1.29, 1.82) is 0 Å². The molecule has 0 saturated carbocycles. The number of carbonyl (C=O) groups is 1. The fraction of sp³-hybridized carbons (Fsp3) is 0.300. The minimum absolute atomic E-state index is 0.410. The third-order valence-electron chi connectivity index (χ3n) is 2.03. The first kappa shape index (κ1) is 12.0. The molecule has 0 unspecified atom stereocenters. The number of nitrogens with zero attached hydrogens (tertiary/aromatic N) is 1. The van der Waals surface area contributed by atoms with E-state index in [1.54, 1.807) is 0 Å². The van der Waals surface area contributed by atoms with Crippen LogP contribution in [-0.2, 0) is 6.54 Å². The molecule has 0 aliphatic rings. The predicted octanol–water partition coefficient (Wildman–Crippen LogP) is 1.29. The van der Waals surface area contributed by atoms with Crippen molar-refractivity contribution in [3.8, 4) is 0 Å². The van der Waals surface area contributed by atoms with Crippen molar-refractivity contribution < 1.29 is 4.79 Å². The zero-order valence-corrected chi connectivity index (χ0v) is 9.90. The summed E-state index contributed by atoms with van der Waals surface area (Å²) < 4.78 is 0.966. The quantitative estimate of drug-likeness (QED) is 0.866. The normalized spacial score (nSPS) is 10.0. The molecule has 2 amide bonds. The molecule has 1 aromatic rings. The van der Waals surface area contributed by atoms with Gasteiger partial charge in [0.1, 0.15) is 0 Å². The van der Waals surface area contributed by atoms with E-state index in [1.165, 1.54) is 4.90 Å². The highest BCUT2D eigenvalue weighted by Crippen LogP contribution is 2.17. The number of primary amides is 1. The molecule has 5 heteroatoms. The Morgan fingerprint density at radius 3 is 2.60 bits per heavy atom. The van der Waals surface area contributed by atoms with Crippen molar-refractivity contribution >= 4 is 22.0 Å². The highest BCUT2D eigenvalue weighted by Gasteiger charge is 2.10. The van der Waals surface area contributed by atoms with Gasteiger partial charge in [-0.05, 0) is 11.6 Å². The standard InChI is InChI=1S/C10H14BrN3O/c11-9-4-2-1-3-8(9)7-14(6-5-12)10(13)15/h1-4H,5-7,12H2,(H2,13,15). The van der Waals surface area contributed by atoms with E-state index in [0.29, 0.717) is 19.6 Å². The second kappa shape index (κ2) is 5.72. The Morgan fingerprint density at radius 2 is 2.07 bits per heavy atom. The van der Waals surface area contributed by atoms with E-state index in [9.17, 15) is 4.79 Å². The van der Waals surface area contributed by atoms with Crippen LogP contribution in [0.2, 0.25) is 0 Å². The molecule has 0 bridgehead atoms. The van der Waals surface area contributed by atoms with Crippen molar-refractivity contribution in [3.63, 3.8) is 0 Å². The van der Waals surface area contributed by atoms with Crippen LogP contribution in [0.1, 0.15) is 5.56 Å². The molecule has 0 aromatic heterocycles. The van der Waals surface area contributed by atoms with E-state index >= 15 is 0 Å². The van der Waals surface area contributed by atoms with E-state index in [1.807, 2.05) is 24.3 Å². The van der Waals surface area contributed by atoms with Gasteiger partial charge >= 0.3 is 6.03 Å². The Labute approximate surface area is 97.4 Å². The summed E-state index contributed by atoms with van der Waals surface area (Å²) in [6, 6.07) is 7.26. The highest BCUT2D eigenvalue weighted by atomic mass is 79.9. The van der Waals surface area contributed by atoms with Crippen LogP contribution in [0.15, 0.2) is 28.7 Å². The lowest BCUT2D eigenvalue weighted by molar-refractivity contribution is 0.206. The van der Waals surface area contributed by atoms with Crippen molar-refractivity contribution in [1.82, 2.24) is 4.90 Å². The van der Waals surface area contributed by atoms with Gasteiger partial charge in [-0.15, -0.1) is 0 Å². The van der Waals surface area contributed by atoms with Crippen LogP contribution in [0.5, 0.6) is 0 Å². The number of hydrogen-bond acceptors (Lipinski definition) is 2. The van der Waals surface area contributed by atoms with Crippen LogP contribution < -0.4 is 11.5 Å². The fourth-order valence-corrected chi connectivity index (χ4v) is 1.67. The van der Waals surface area contributed by atoms with Crippen LogP contribution in [-0.4, -0.2) is 24.0 Å². The first-order chi connectivity index (χ1) is 7.15. The molecule has 0 radical (unpaired) electrons. The number of hydrogen-bond donors (Lipinski definition) is 2. The molecular formula is C10H14BrN3O. The maximum Gasteiger partial charge on any atom is 0.315 e. The molecule has 1 rings (SSSR count). The van der Waals surface area contributed by atoms with Crippen molar-refractivity contribution in [2.24, 2.45) is 11.5 Å². The summed E-state index contributed by atoms with van der Waals surface area (Å²) >= 11 is 3.41. The molecule has 4 N–H and O–H groups in total. The largest absolute Gasteiger partial charge is 0.351 e. The molecule has 0 atom stereocenters. The third-order valence-corrected chi connectivity index (χ3v) is 2.80. The van der Waals surface area contributed by atoms with Crippen molar-refractivity contribution in [2.75, 3.05) is 13.1 Å². The SMILES string of the molecule is NCCN(Cc1ccccc1Br)C(N)=O. The summed E-state index contributed by atoms with van der Waals surface area (Å²) in [6.45, 7) is 1.36. The minimum Gasteiger partial charge on any atom is -0.351 e. The Morgan fingerprint density at radius 1 is 1.40 bits per heavy atom. The number of rotatable bonds is 4. The van der Waals surface area contributed by atoms with Gasteiger partial charge in [-0.25, -0.2) is 4.79 Å². The molecule has 0 spiro atoms. The Bertz CT molecular complexity index is 343. The number of amides is 2. The van der Waals surface area contributed by atoms with Crippen molar-refractivity contribution in [2.45, 2.75) is 6.54 Å². The van der Waals surface area contributed by atoms with Crippen LogP contribution in [0.25, 0.3) is 0 Å². The van der Waals surface area contributed by atoms with Crippen molar-refractivity contribution in [3.05, 3.63) is 34.3 Å². The van der Waals surface area contributed by atoms with Gasteiger partial charge < -0.3 is 16.4 Å². The molecule has 0 aliphatic carbocycles. The van der Waals surface area contributed by atoms with Gasteiger partial charge in [-0.1, -0.05) is 34.1 Å². The van der Waals surface area contributed by atoms with Gasteiger partial charge in [0.15, 0.2) is 0 Å². The van der Waals surface area contributed by atoms with E-state index in [2.05, 4.69) is 15.9 Å². The topological polar surface area (TPSA) is 72.3 Å². The molecule has 0 saturated heterocycles. The molecule has 82 valence electrons. The molecule has 15 heavy (non-hydrogen) atoms. The maximum atomic E-state index is 11.1. The zero-order valence-electron chi connectivity index (χ0n) is 8.32. The van der Waals surface area contributed by atoms with E-state index in [-0.39, 0.29) is 0 Å². The number of urea groups is 1. The molecular weight excluding hydrogens is 258 g/mol. The number of nitrogens with two attached hydrogens (primary N) is 2. The molecule has 0 fully saturated rings. The molecule has 1 aromatic carbocycles. The summed E-state index contributed by atoms with van der Waals surface area (Å²) in [5, 5.41) is 0. The average Bonchev–Trinajstić information content (AvgIpc) is 2.20. The predicted molar refractivity (Wildman–Crippen MR) is 63.2 cm³/mol. The van der Waals surface area contributed by atoms with Gasteiger partial charge in [0, 0.05) is 24.1 Å². The summed E-state index contributed by atoms with van der Waals surface area (Å²) in [7, 11) is 0. The highest BCUT2D eigenvalue weighted by molar-refractivity contribution is 9.10. The van der Waals surface area contributed by atoms with Gasteiger partial charge in [-0.3, -0.25) is 0 Å². The summed E-state index contributed by atoms with van der Waals surface area (Å²) in [6.07, 6.45) is 0. The van der Waals surface area contributed by atoms with Crippen LogP contribution in [0, 0.1) is 0 Å². The summed E-state index contributed by atoms with van der Waals surface area (Å²) in [5.41, 5.74) is 11.7. The Balaban J connectivity index is 2.74. The molecule has 4 nitrogen and oxygen atoms in total. The van der Waals surface area contributed by atoms with Gasteiger partial charge in [-0.2, -0.15) is 0 Å². The van der Waals surface area contributed by atoms with E-state index < -0.39 is 6.03 Å². The third kappa shape index (κ3) is 3.53. The lowest BCUT2D eigenvalue weighted by Crippen LogP contribution is -2.38. The summed E-state index contributed by atoms with van der Waals surface area (Å²) in [4.78, 5) is 12.6. The number of carbonyl (C=O) groups excluding carboxylic acids is 1. The van der Waals surface area contributed by atoms with Gasteiger partial charge in [0.2, 0.25) is 0 Å². The lowest BCUT2D eigenvalue weighted by atomic mass is 10.2. The van der Waals surface area contributed by atoms with Crippen LogP contribution in [0.3, 0.4) is 0 Å². The molecule has 0 aliphatic heterocycles. The van der Waals surface area contributed by atoms with E-state index in [4.69, 9.17) is 11.5 Å². The smallest absolute Gasteiger partial charge is 0.315 e. The second-order valence-corrected chi connectivity index (χ2v) is 3.99. The van der Waals surface area contributed by atoms with Crippen LogP contribution in [0.4, 0.5) is 4.79 Å². The Hall–Kier alpha value is -1.07. The fourth-order valence-electron chi connectivity index (χ4n) is 1.26. The summed E-state index contributed by atoms with van der Waals surface area (Å²) in [5.74, 6) is 0.